The first kappa shape index (κ1) is 48.4. The molecular formula is C42H59N9O11S2. The highest BCUT2D eigenvalue weighted by molar-refractivity contribution is 7.80. The van der Waals surface area contributed by atoms with Gasteiger partial charge in [0.05, 0.1) is 12.6 Å². The van der Waals surface area contributed by atoms with Crippen molar-refractivity contribution < 1.29 is 53.4 Å². The van der Waals surface area contributed by atoms with Crippen LogP contribution in [0.3, 0.4) is 0 Å². The molecule has 6 rings (SSSR count). The molecule has 0 bridgehead atoms. The summed E-state index contributed by atoms with van der Waals surface area (Å²) >= 11 is 8.62. The van der Waals surface area contributed by atoms with E-state index in [4.69, 9.17) is 5.73 Å². The SMILES string of the molecule is N[C@@H](Cc1ccc(O)cc1)C(=O)NCC(=O)N1CCC[C@H]1C(=O)N1CCC[C@H]1C(=O)N[C@@H](CS)C(=O)N1CCC[C@H]1C(=O)N1CCC[C@H]1C(=O)N[C@@H](CS)C(=O)N1CCC[C@H]1C(=O)O. The molecule has 64 heavy (non-hydrogen) atoms. The number of carbonyl (C=O) groups excluding carboxylic acids is 8. The largest absolute Gasteiger partial charge is 0.508 e. The van der Waals surface area contributed by atoms with Crippen molar-refractivity contribution in [3.8, 4) is 5.75 Å². The Kier molecular flexibility index (Phi) is 16.4. The van der Waals surface area contributed by atoms with Gasteiger partial charge in [-0.3, -0.25) is 38.4 Å². The van der Waals surface area contributed by atoms with E-state index in [1.807, 2.05) is 0 Å². The van der Waals surface area contributed by atoms with Crippen LogP contribution in [-0.2, 0) is 49.6 Å². The molecular weight excluding hydrogens is 871 g/mol. The molecule has 0 aliphatic carbocycles. The number of thiol groups is 2. The van der Waals surface area contributed by atoms with Crippen molar-refractivity contribution >= 4 is 78.5 Å². The van der Waals surface area contributed by atoms with Crippen LogP contribution in [0.1, 0.15) is 69.8 Å². The van der Waals surface area contributed by atoms with Gasteiger partial charge in [0.15, 0.2) is 0 Å². The summed E-state index contributed by atoms with van der Waals surface area (Å²) in [4.78, 5) is 128. The van der Waals surface area contributed by atoms with Crippen molar-refractivity contribution in [3.63, 3.8) is 0 Å². The number of aromatic hydroxyl groups is 1. The molecule has 1 aromatic carbocycles. The van der Waals surface area contributed by atoms with Gasteiger partial charge in [-0.1, -0.05) is 12.1 Å². The second kappa shape index (κ2) is 21.7. The Morgan fingerprint density at radius 2 is 1.02 bits per heavy atom. The van der Waals surface area contributed by atoms with E-state index in [-0.39, 0.29) is 62.9 Å². The Labute approximate surface area is 382 Å². The molecule has 5 fully saturated rings. The van der Waals surface area contributed by atoms with Gasteiger partial charge in [-0.2, -0.15) is 25.3 Å². The molecule has 7 N–H and O–H groups in total. The lowest BCUT2D eigenvalue weighted by molar-refractivity contribution is -0.150. The summed E-state index contributed by atoms with van der Waals surface area (Å²) in [5.74, 6) is -5.33. The monoisotopic (exact) mass is 929 g/mol. The van der Waals surface area contributed by atoms with E-state index >= 15 is 0 Å². The maximum atomic E-state index is 14.1. The molecule has 0 unspecified atom stereocenters. The highest BCUT2D eigenvalue weighted by Crippen LogP contribution is 2.28. The number of amides is 8. The van der Waals surface area contributed by atoms with Crippen molar-refractivity contribution in [2.24, 2.45) is 5.73 Å². The van der Waals surface area contributed by atoms with E-state index in [1.54, 1.807) is 12.1 Å². The maximum Gasteiger partial charge on any atom is 0.326 e. The number of phenolic OH excluding ortho intramolecular Hbond substituents is 1. The van der Waals surface area contributed by atoms with Gasteiger partial charge in [-0.05, 0) is 88.3 Å². The number of nitrogens with zero attached hydrogens (tertiary/aromatic N) is 5. The van der Waals surface area contributed by atoms with Gasteiger partial charge in [-0.25, -0.2) is 4.79 Å². The number of nitrogens with two attached hydrogens (primary N) is 1. The van der Waals surface area contributed by atoms with Crippen molar-refractivity contribution in [1.29, 1.82) is 0 Å². The summed E-state index contributed by atoms with van der Waals surface area (Å²) in [5.41, 5.74) is 6.78. The van der Waals surface area contributed by atoms with Crippen LogP contribution in [0.25, 0.3) is 0 Å². The average molecular weight is 930 g/mol. The van der Waals surface area contributed by atoms with Crippen LogP contribution >= 0.6 is 25.3 Å². The molecule has 5 aliphatic heterocycles. The van der Waals surface area contributed by atoms with Gasteiger partial charge in [0.2, 0.25) is 47.3 Å². The topological polar surface area (TPSA) is 272 Å². The van der Waals surface area contributed by atoms with Crippen LogP contribution in [0.5, 0.6) is 5.75 Å². The van der Waals surface area contributed by atoms with Gasteiger partial charge >= 0.3 is 5.97 Å². The minimum absolute atomic E-state index is 0.0789. The minimum atomic E-state index is -1.14. The summed E-state index contributed by atoms with van der Waals surface area (Å²) < 4.78 is 0. The molecule has 5 heterocycles. The van der Waals surface area contributed by atoms with E-state index in [0.29, 0.717) is 64.2 Å². The Balaban J connectivity index is 1.02. The van der Waals surface area contributed by atoms with E-state index in [1.165, 1.54) is 36.6 Å². The zero-order chi connectivity index (χ0) is 46.2. The van der Waals surface area contributed by atoms with Crippen molar-refractivity contribution in [2.45, 2.75) is 119 Å². The van der Waals surface area contributed by atoms with Crippen LogP contribution in [0, 0.1) is 0 Å². The van der Waals surface area contributed by atoms with Gasteiger partial charge in [0.25, 0.3) is 0 Å². The number of likely N-dealkylation sites (tertiary alicyclic amines) is 5. The third-order valence-corrected chi connectivity index (χ3v) is 13.6. The zero-order valence-electron chi connectivity index (χ0n) is 35.6. The quantitative estimate of drug-likeness (QED) is 0.0858. The van der Waals surface area contributed by atoms with E-state index < -0.39 is 102 Å². The Bertz CT molecular complexity index is 1960. The molecule has 0 radical (unpaired) electrons. The van der Waals surface area contributed by atoms with Crippen LogP contribution in [0.4, 0.5) is 0 Å². The third kappa shape index (κ3) is 10.9. The fourth-order valence-corrected chi connectivity index (χ4v) is 10.1. The number of nitrogens with one attached hydrogen (secondary N) is 3. The van der Waals surface area contributed by atoms with Crippen molar-refractivity contribution in [2.75, 3.05) is 50.8 Å². The highest BCUT2D eigenvalue weighted by atomic mass is 32.1. The van der Waals surface area contributed by atoms with Crippen molar-refractivity contribution in [1.82, 2.24) is 40.4 Å². The lowest BCUT2D eigenvalue weighted by atomic mass is 10.1. The number of phenols is 1. The van der Waals surface area contributed by atoms with Crippen molar-refractivity contribution in [3.05, 3.63) is 29.8 Å². The zero-order valence-corrected chi connectivity index (χ0v) is 37.4. The predicted octanol–water partition coefficient (Wildman–Crippen LogP) is -1.75. The van der Waals surface area contributed by atoms with Crippen LogP contribution in [-0.4, -0.2) is 187 Å². The van der Waals surface area contributed by atoms with Crippen LogP contribution < -0.4 is 21.7 Å². The second-order valence-corrected chi connectivity index (χ2v) is 17.8. The minimum Gasteiger partial charge on any atom is -0.508 e. The van der Waals surface area contributed by atoms with Gasteiger partial charge in [-0.15, -0.1) is 0 Å². The summed E-state index contributed by atoms with van der Waals surface area (Å²) in [6, 6.07) is -1.55. The second-order valence-electron chi connectivity index (χ2n) is 17.0. The first-order valence-corrected chi connectivity index (χ1v) is 23.3. The number of hydrogen-bond acceptors (Lipinski definition) is 13. The van der Waals surface area contributed by atoms with Crippen LogP contribution in [0.15, 0.2) is 24.3 Å². The standard InChI is InChI=1S/C42H59N9O11S2/c43-26(20-24-11-13-25(52)14-12-24)35(54)44-21-34(53)47-15-3-8-31(47)40(59)48-16-1-6-29(48)36(55)45-27(22-63)38(57)50-18-4-9-32(50)41(60)49-17-2-7-30(49)37(56)46-28(23-64)39(58)51-19-5-10-33(51)42(61)62/h11-14,26-33,52,63-64H,1-10,15-23,43H2,(H,44,54)(H,45,55)(H,46,56)(H,61,62)/t26-,27-,28-,29-,30-,31-,32-,33-/m0/s1. The Morgan fingerprint density at radius 1 is 0.609 bits per heavy atom. The van der Waals surface area contributed by atoms with Gasteiger partial charge in [0, 0.05) is 44.2 Å². The third-order valence-electron chi connectivity index (χ3n) is 12.9. The summed E-state index contributed by atoms with van der Waals surface area (Å²) in [6.07, 6.45) is 4.39. The lowest BCUT2D eigenvalue weighted by Crippen LogP contribution is -2.59. The molecule has 0 saturated carbocycles. The summed E-state index contributed by atoms with van der Waals surface area (Å²) in [6.45, 7) is 0.882. The molecule has 8 atom stereocenters. The molecule has 5 aliphatic rings. The van der Waals surface area contributed by atoms with E-state index in [9.17, 15) is 53.4 Å². The summed E-state index contributed by atoms with van der Waals surface area (Å²) in [5, 5.41) is 27.1. The highest BCUT2D eigenvalue weighted by Gasteiger charge is 2.46. The van der Waals surface area contributed by atoms with E-state index in [2.05, 4.69) is 41.2 Å². The molecule has 0 spiro atoms. The Hall–Kier alpha value is -5.09. The van der Waals surface area contributed by atoms with Gasteiger partial charge in [0.1, 0.15) is 48.0 Å². The van der Waals surface area contributed by atoms with Crippen LogP contribution in [0.2, 0.25) is 0 Å². The molecule has 5 saturated heterocycles. The average Bonchev–Trinajstić information content (AvgIpc) is 4.15. The molecule has 20 nitrogen and oxygen atoms in total. The fourth-order valence-electron chi connectivity index (χ4n) is 9.57. The molecule has 1 aromatic rings. The number of carboxylic acid groups (broad SMARTS) is 1. The molecule has 8 amide bonds. The first-order chi connectivity index (χ1) is 30.6. The maximum absolute atomic E-state index is 14.1. The normalized spacial score (nSPS) is 24.6. The molecule has 0 aromatic heterocycles. The first-order valence-electron chi connectivity index (χ1n) is 22.0. The smallest absolute Gasteiger partial charge is 0.326 e. The fraction of sp³-hybridized carbons (Fsp3) is 0.643. The number of carbonyl (C=O) groups is 9. The van der Waals surface area contributed by atoms with Gasteiger partial charge < -0.3 is 56.4 Å². The summed E-state index contributed by atoms with van der Waals surface area (Å²) in [7, 11) is 0. The number of carboxylic acids is 1. The van der Waals surface area contributed by atoms with E-state index in [0.717, 1.165) is 5.56 Å². The predicted molar refractivity (Wildman–Crippen MR) is 236 cm³/mol. The number of hydrogen-bond donors (Lipinski definition) is 8. The number of benzene rings is 1. The number of rotatable bonds is 16. The Morgan fingerprint density at radius 3 is 1.48 bits per heavy atom. The number of aliphatic carboxylic acids is 1. The molecule has 22 heteroatoms. The molecule has 350 valence electrons. The lowest BCUT2D eigenvalue weighted by Gasteiger charge is -2.34.